The largest absolute Gasteiger partial charge is 0.469 e. The summed E-state index contributed by atoms with van der Waals surface area (Å²) in [6.45, 7) is 1.71. The van der Waals surface area contributed by atoms with Gasteiger partial charge in [0.15, 0.2) is 0 Å². The van der Waals surface area contributed by atoms with Crippen molar-refractivity contribution in [2.75, 3.05) is 13.7 Å². The third-order valence-corrected chi connectivity index (χ3v) is 4.30. The summed E-state index contributed by atoms with van der Waals surface area (Å²) in [6, 6.07) is 1.93. The van der Waals surface area contributed by atoms with E-state index in [1.54, 1.807) is 0 Å². The fourth-order valence-electron chi connectivity index (χ4n) is 2.87. The molecule has 6 heteroatoms. The topological polar surface area (TPSA) is 72.3 Å². The minimum Gasteiger partial charge on any atom is -0.469 e. The molecule has 110 valence electrons. The van der Waals surface area contributed by atoms with Crippen molar-refractivity contribution in [3.63, 3.8) is 0 Å². The number of ether oxygens (including phenoxy) is 1. The summed E-state index contributed by atoms with van der Waals surface area (Å²) >= 11 is 5.89. The number of aryl methyl sites for hydroxylation is 1. The number of nitrogens with zero attached hydrogens (tertiary/aromatic N) is 2. The van der Waals surface area contributed by atoms with Crippen LogP contribution in [-0.2, 0) is 9.53 Å². The molecule has 1 aromatic rings. The van der Waals surface area contributed by atoms with Crippen molar-refractivity contribution in [1.82, 2.24) is 9.97 Å². The summed E-state index contributed by atoms with van der Waals surface area (Å²) in [5, 5.41) is 9.80. The molecule has 1 aliphatic rings. The molecule has 1 saturated carbocycles. The zero-order valence-corrected chi connectivity index (χ0v) is 12.5. The van der Waals surface area contributed by atoms with Gasteiger partial charge >= 0.3 is 5.97 Å². The molecule has 5 nitrogen and oxygen atoms in total. The van der Waals surface area contributed by atoms with E-state index in [0.717, 1.165) is 24.2 Å². The predicted molar refractivity (Wildman–Crippen MR) is 74.5 cm³/mol. The molecule has 0 unspecified atom stereocenters. The molecular weight excluding hydrogens is 280 g/mol. The standard InChI is InChI=1S/C14H19ClN2O3/c1-9-7-11(17-13(15)16-9)10-3-5-14(8-18,6-4-10)12(19)20-2/h7,10,18H,3-6,8H2,1-2H3. The Hall–Kier alpha value is -1.20. The number of rotatable bonds is 3. The second kappa shape index (κ2) is 6.06. The van der Waals surface area contributed by atoms with Crippen molar-refractivity contribution in [2.24, 2.45) is 5.41 Å². The number of aliphatic hydroxyl groups is 1. The fourth-order valence-corrected chi connectivity index (χ4v) is 3.11. The molecule has 0 saturated heterocycles. The van der Waals surface area contributed by atoms with E-state index >= 15 is 0 Å². The Labute approximate surface area is 123 Å². The van der Waals surface area contributed by atoms with Crippen molar-refractivity contribution >= 4 is 17.6 Å². The second-order valence-corrected chi connectivity index (χ2v) is 5.75. The first kappa shape index (κ1) is 15.2. The van der Waals surface area contributed by atoms with E-state index in [1.165, 1.54) is 7.11 Å². The number of carbonyl (C=O) groups is 1. The van der Waals surface area contributed by atoms with Crippen molar-refractivity contribution in [3.05, 3.63) is 22.7 Å². The number of hydrogen-bond acceptors (Lipinski definition) is 5. The summed E-state index contributed by atoms with van der Waals surface area (Å²) in [7, 11) is 1.36. The summed E-state index contributed by atoms with van der Waals surface area (Å²) in [6.07, 6.45) is 2.76. The third kappa shape index (κ3) is 2.94. The molecule has 0 bridgehead atoms. The van der Waals surface area contributed by atoms with Gasteiger partial charge in [-0.1, -0.05) is 0 Å². The van der Waals surface area contributed by atoms with E-state index in [4.69, 9.17) is 16.3 Å². The maximum Gasteiger partial charge on any atom is 0.314 e. The van der Waals surface area contributed by atoms with Crippen LogP contribution >= 0.6 is 11.6 Å². The maximum absolute atomic E-state index is 11.8. The Bertz CT molecular complexity index is 479. The van der Waals surface area contributed by atoms with Crippen LogP contribution in [0.4, 0.5) is 0 Å². The number of aliphatic hydroxyl groups excluding tert-OH is 1. The van der Waals surface area contributed by atoms with Gasteiger partial charge in [0.25, 0.3) is 0 Å². The molecule has 0 aliphatic heterocycles. The van der Waals surface area contributed by atoms with Gasteiger partial charge in [-0.2, -0.15) is 0 Å². The smallest absolute Gasteiger partial charge is 0.314 e. The highest BCUT2D eigenvalue weighted by Crippen LogP contribution is 2.43. The van der Waals surface area contributed by atoms with Crippen molar-refractivity contribution in [1.29, 1.82) is 0 Å². The molecule has 1 aromatic heterocycles. The average Bonchev–Trinajstić information content (AvgIpc) is 2.45. The quantitative estimate of drug-likeness (QED) is 0.684. The van der Waals surface area contributed by atoms with Crippen LogP contribution < -0.4 is 0 Å². The third-order valence-electron chi connectivity index (χ3n) is 4.13. The second-order valence-electron chi connectivity index (χ2n) is 5.41. The molecule has 1 aliphatic carbocycles. The Morgan fingerprint density at radius 2 is 2.15 bits per heavy atom. The van der Waals surface area contributed by atoms with E-state index in [0.29, 0.717) is 12.8 Å². The first-order chi connectivity index (χ1) is 9.50. The zero-order chi connectivity index (χ0) is 14.8. The van der Waals surface area contributed by atoms with Crippen molar-refractivity contribution < 1.29 is 14.6 Å². The lowest BCUT2D eigenvalue weighted by Gasteiger charge is -2.36. The molecule has 2 rings (SSSR count). The zero-order valence-electron chi connectivity index (χ0n) is 11.7. The predicted octanol–water partition coefficient (Wildman–Crippen LogP) is 2.25. The lowest BCUT2D eigenvalue weighted by Crippen LogP contribution is -2.39. The molecule has 0 spiro atoms. The summed E-state index contributed by atoms with van der Waals surface area (Å²) in [4.78, 5) is 20.2. The molecule has 0 amide bonds. The Kier molecular flexibility index (Phi) is 4.60. The Balaban J connectivity index is 2.12. The van der Waals surface area contributed by atoms with Crippen LogP contribution in [0.1, 0.15) is 43.0 Å². The highest BCUT2D eigenvalue weighted by molar-refractivity contribution is 6.28. The van der Waals surface area contributed by atoms with Crippen LogP contribution in [0.3, 0.4) is 0 Å². The van der Waals surface area contributed by atoms with Gasteiger partial charge < -0.3 is 9.84 Å². The molecule has 1 fully saturated rings. The number of carbonyl (C=O) groups excluding carboxylic acids is 1. The van der Waals surface area contributed by atoms with E-state index in [1.807, 2.05) is 13.0 Å². The molecule has 1 N–H and O–H groups in total. The number of methoxy groups -OCH3 is 1. The average molecular weight is 299 g/mol. The minimum absolute atomic E-state index is 0.171. The summed E-state index contributed by atoms with van der Waals surface area (Å²) in [5.74, 6) is -0.0751. The van der Waals surface area contributed by atoms with E-state index in [2.05, 4.69) is 9.97 Å². The molecule has 0 radical (unpaired) electrons. The normalized spacial score (nSPS) is 26.3. The van der Waals surface area contributed by atoms with Crippen LogP contribution in [0.15, 0.2) is 6.07 Å². The van der Waals surface area contributed by atoms with Gasteiger partial charge in [-0.05, 0) is 50.3 Å². The molecule has 1 heterocycles. The van der Waals surface area contributed by atoms with Gasteiger partial charge in [-0.15, -0.1) is 0 Å². The first-order valence-corrected chi connectivity index (χ1v) is 7.09. The lowest BCUT2D eigenvalue weighted by molar-refractivity contribution is -0.158. The Morgan fingerprint density at radius 3 is 2.65 bits per heavy atom. The van der Waals surface area contributed by atoms with Crippen LogP contribution in [-0.4, -0.2) is 34.8 Å². The monoisotopic (exact) mass is 298 g/mol. The van der Waals surface area contributed by atoms with Crippen molar-refractivity contribution in [2.45, 2.75) is 38.5 Å². The maximum atomic E-state index is 11.8. The number of aromatic nitrogens is 2. The summed E-state index contributed by atoms with van der Waals surface area (Å²) < 4.78 is 4.82. The Morgan fingerprint density at radius 1 is 1.50 bits per heavy atom. The molecular formula is C14H19ClN2O3. The lowest BCUT2D eigenvalue weighted by atomic mass is 9.70. The van der Waals surface area contributed by atoms with Gasteiger partial charge in [0.1, 0.15) is 0 Å². The fraction of sp³-hybridized carbons (Fsp3) is 0.643. The van der Waals surface area contributed by atoms with E-state index in [9.17, 15) is 9.90 Å². The highest BCUT2D eigenvalue weighted by atomic mass is 35.5. The van der Waals surface area contributed by atoms with Crippen molar-refractivity contribution in [3.8, 4) is 0 Å². The molecule has 0 aromatic carbocycles. The van der Waals surface area contributed by atoms with Gasteiger partial charge in [0, 0.05) is 17.3 Å². The SMILES string of the molecule is COC(=O)C1(CO)CCC(c2cc(C)nc(Cl)n2)CC1. The van der Waals surface area contributed by atoms with E-state index in [-0.39, 0.29) is 23.8 Å². The number of halogens is 1. The van der Waals surface area contributed by atoms with Crippen LogP contribution in [0.5, 0.6) is 0 Å². The van der Waals surface area contributed by atoms with Gasteiger partial charge in [-0.25, -0.2) is 9.97 Å². The van der Waals surface area contributed by atoms with Crippen LogP contribution in [0.2, 0.25) is 5.28 Å². The van der Waals surface area contributed by atoms with Gasteiger partial charge in [-0.3, -0.25) is 4.79 Å². The first-order valence-electron chi connectivity index (χ1n) is 6.71. The van der Waals surface area contributed by atoms with Gasteiger partial charge in [0.2, 0.25) is 5.28 Å². The number of hydrogen-bond donors (Lipinski definition) is 1. The van der Waals surface area contributed by atoms with Crippen LogP contribution in [0, 0.1) is 12.3 Å². The van der Waals surface area contributed by atoms with Gasteiger partial charge in [0.05, 0.1) is 19.1 Å². The summed E-state index contributed by atoms with van der Waals surface area (Å²) in [5.41, 5.74) is 1.00. The number of esters is 1. The molecule has 20 heavy (non-hydrogen) atoms. The minimum atomic E-state index is -0.753. The van der Waals surface area contributed by atoms with Crippen LogP contribution in [0.25, 0.3) is 0 Å². The highest BCUT2D eigenvalue weighted by Gasteiger charge is 2.42. The van der Waals surface area contributed by atoms with E-state index < -0.39 is 5.41 Å². The molecule has 0 atom stereocenters.